The molecule has 1 N–H and O–H groups in total. The van der Waals surface area contributed by atoms with Crippen molar-refractivity contribution in [2.75, 3.05) is 0 Å². The lowest BCUT2D eigenvalue weighted by molar-refractivity contribution is -0.131. The normalized spacial score (nSPS) is 10.9. The Morgan fingerprint density at radius 2 is 2.14 bits per heavy atom. The van der Waals surface area contributed by atoms with Crippen LogP contribution in [0.4, 0.5) is 0 Å². The van der Waals surface area contributed by atoms with Crippen LogP contribution >= 0.6 is 0 Å². The first kappa shape index (κ1) is 14.8. The molecule has 2 rings (SSSR count). The van der Waals surface area contributed by atoms with Gasteiger partial charge in [-0.3, -0.25) is 4.68 Å². The number of aryl methyl sites for hydroxylation is 1. The molecule has 0 radical (unpaired) electrons. The molecule has 1 heterocycles. The van der Waals surface area contributed by atoms with Crippen LogP contribution in [0.5, 0.6) is 5.88 Å². The molecule has 0 atom stereocenters. The number of carboxylic acid groups (broad SMARTS) is 1. The average molecular weight is 286 g/mol. The third-order valence-electron chi connectivity index (χ3n) is 2.85. The molecule has 5 heteroatoms. The second-order valence-electron chi connectivity index (χ2n) is 4.58. The summed E-state index contributed by atoms with van der Waals surface area (Å²) in [5.74, 6) is -0.483. The van der Waals surface area contributed by atoms with Crippen molar-refractivity contribution < 1.29 is 14.6 Å². The van der Waals surface area contributed by atoms with Crippen LogP contribution in [0.15, 0.2) is 42.5 Å². The van der Waals surface area contributed by atoms with Gasteiger partial charge in [0.25, 0.3) is 0 Å². The van der Waals surface area contributed by atoms with Gasteiger partial charge in [-0.25, -0.2) is 4.79 Å². The molecular formula is C16H18N2O3. The molecule has 5 nitrogen and oxygen atoms in total. The van der Waals surface area contributed by atoms with Crippen LogP contribution < -0.4 is 4.74 Å². The number of ether oxygens (including phenoxy) is 1. The molecule has 0 spiro atoms. The fraction of sp³-hybridized carbons (Fsp3) is 0.250. The maximum atomic E-state index is 10.6. The molecule has 0 saturated heterocycles. The SMILES string of the molecule is CCCn1nc(OCc2ccccc2)cc1/C=C/C(=O)O. The van der Waals surface area contributed by atoms with Crippen molar-refractivity contribution in [2.45, 2.75) is 26.5 Å². The summed E-state index contributed by atoms with van der Waals surface area (Å²) in [7, 11) is 0. The minimum atomic E-state index is -0.981. The van der Waals surface area contributed by atoms with Gasteiger partial charge in [0, 0.05) is 18.7 Å². The van der Waals surface area contributed by atoms with Crippen molar-refractivity contribution >= 4 is 12.0 Å². The fourth-order valence-corrected chi connectivity index (χ4v) is 1.89. The van der Waals surface area contributed by atoms with E-state index in [0.29, 0.717) is 19.0 Å². The van der Waals surface area contributed by atoms with Crippen molar-refractivity contribution in [3.63, 3.8) is 0 Å². The molecule has 0 aliphatic heterocycles. The highest BCUT2D eigenvalue weighted by Crippen LogP contribution is 2.16. The number of hydrogen-bond acceptors (Lipinski definition) is 3. The van der Waals surface area contributed by atoms with Gasteiger partial charge in [0.1, 0.15) is 6.61 Å². The van der Waals surface area contributed by atoms with Crippen LogP contribution in [0.25, 0.3) is 6.08 Å². The van der Waals surface area contributed by atoms with Gasteiger partial charge in [-0.15, -0.1) is 5.10 Å². The predicted octanol–water partition coefficient (Wildman–Crippen LogP) is 2.97. The molecule has 0 amide bonds. The van der Waals surface area contributed by atoms with Gasteiger partial charge >= 0.3 is 5.97 Å². The van der Waals surface area contributed by atoms with Gasteiger partial charge in [-0.2, -0.15) is 0 Å². The Bertz CT molecular complexity index is 618. The Balaban J connectivity index is 2.09. The fourth-order valence-electron chi connectivity index (χ4n) is 1.89. The molecule has 1 aromatic heterocycles. The van der Waals surface area contributed by atoms with Crippen molar-refractivity contribution in [2.24, 2.45) is 0 Å². The summed E-state index contributed by atoms with van der Waals surface area (Å²) >= 11 is 0. The van der Waals surface area contributed by atoms with Crippen LogP contribution in [0, 0.1) is 0 Å². The van der Waals surface area contributed by atoms with Crippen molar-refractivity contribution in [1.29, 1.82) is 0 Å². The van der Waals surface area contributed by atoms with Gasteiger partial charge in [0.15, 0.2) is 0 Å². The molecule has 0 aliphatic carbocycles. The maximum absolute atomic E-state index is 10.6. The van der Waals surface area contributed by atoms with E-state index < -0.39 is 5.97 Å². The molecule has 1 aromatic carbocycles. The van der Waals surface area contributed by atoms with Crippen LogP contribution in [0.2, 0.25) is 0 Å². The number of nitrogens with zero attached hydrogens (tertiary/aromatic N) is 2. The second kappa shape index (κ2) is 7.28. The molecule has 2 aromatic rings. The summed E-state index contributed by atoms with van der Waals surface area (Å²) in [6.45, 7) is 3.19. The summed E-state index contributed by atoms with van der Waals surface area (Å²) in [6.07, 6.45) is 3.54. The van der Waals surface area contributed by atoms with E-state index in [0.717, 1.165) is 23.8 Å². The molecule has 0 aliphatic rings. The van der Waals surface area contributed by atoms with E-state index in [1.807, 2.05) is 37.3 Å². The van der Waals surface area contributed by atoms with E-state index in [9.17, 15) is 4.79 Å². The van der Waals surface area contributed by atoms with Crippen molar-refractivity contribution in [3.8, 4) is 5.88 Å². The summed E-state index contributed by atoms with van der Waals surface area (Å²) in [5, 5.41) is 13.0. The Morgan fingerprint density at radius 1 is 1.38 bits per heavy atom. The molecule has 110 valence electrons. The number of carbonyl (C=O) groups is 1. The van der Waals surface area contributed by atoms with Crippen LogP contribution in [0.1, 0.15) is 24.6 Å². The largest absolute Gasteiger partial charge is 0.478 e. The van der Waals surface area contributed by atoms with Crippen LogP contribution in [-0.4, -0.2) is 20.9 Å². The number of rotatable bonds is 7. The minimum Gasteiger partial charge on any atom is -0.478 e. The third kappa shape index (κ3) is 4.49. The Morgan fingerprint density at radius 3 is 2.81 bits per heavy atom. The number of aromatic nitrogens is 2. The van der Waals surface area contributed by atoms with E-state index in [1.54, 1.807) is 10.7 Å². The van der Waals surface area contributed by atoms with Crippen molar-refractivity contribution in [3.05, 3.63) is 53.7 Å². The van der Waals surface area contributed by atoms with E-state index in [4.69, 9.17) is 9.84 Å². The average Bonchev–Trinajstić information content (AvgIpc) is 2.87. The highest BCUT2D eigenvalue weighted by Gasteiger charge is 2.06. The topological polar surface area (TPSA) is 64.4 Å². The highest BCUT2D eigenvalue weighted by molar-refractivity contribution is 5.84. The molecule has 0 bridgehead atoms. The van der Waals surface area contributed by atoms with Crippen LogP contribution in [0.3, 0.4) is 0 Å². The molecule has 0 saturated carbocycles. The Labute approximate surface area is 123 Å². The zero-order chi connectivity index (χ0) is 15.1. The zero-order valence-corrected chi connectivity index (χ0v) is 11.9. The van der Waals surface area contributed by atoms with Gasteiger partial charge in [0.2, 0.25) is 5.88 Å². The molecular weight excluding hydrogens is 268 g/mol. The maximum Gasteiger partial charge on any atom is 0.328 e. The standard InChI is InChI=1S/C16H18N2O3/c1-2-10-18-14(8-9-16(19)20)11-15(17-18)21-12-13-6-4-3-5-7-13/h3-9,11H,2,10,12H2,1H3,(H,19,20)/b9-8+. The quantitative estimate of drug-likeness (QED) is 0.795. The third-order valence-corrected chi connectivity index (χ3v) is 2.85. The minimum absolute atomic E-state index is 0.437. The predicted molar refractivity (Wildman–Crippen MR) is 80.0 cm³/mol. The first-order chi connectivity index (χ1) is 10.2. The second-order valence-corrected chi connectivity index (χ2v) is 4.58. The Hall–Kier alpha value is -2.56. The number of aliphatic carboxylic acids is 1. The summed E-state index contributed by atoms with van der Waals surface area (Å²) in [6, 6.07) is 11.6. The molecule has 0 unspecified atom stereocenters. The van der Waals surface area contributed by atoms with Gasteiger partial charge in [-0.05, 0) is 18.1 Å². The first-order valence-electron chi connectivity index (χ1n) is 6.84. The van der Waals surface area contributed by atoms with Gasteiger partial charge in [-0.1, -0.05) is 37.3 Å². The van der Waals surface area contributed by atoms with Gasteiger partial charge in [0.05, 0.1) is 5.69 Å². The molecule has 0 fully saturated rings. The summed E-state index contributed by atoms with van der Waals surface area (Å²) in [5.41, 5.74) is 1.78. The van der Waals surface area contributed by atoms with Gasteiger partial charge < -0.3 is 9.84 Å². The lowest BCUT2D eigenvalue weighted by atomic mass is 10.2. The van der Waals surface area contributed by atoms with E-state index in [-0.39, 0.29) is 0 Å². The highest BCUT2D eigenvalue weighted by atomic mass is 16.5. The first-order valence-corrected chi connectivity index (χ1v) is 6.84. The number of carboxylic acids is 1. The lowest BCUT2D eigenvalue weighted by Crippen LogP contribution is -2.02. The smallest absolute Gasteiger partial charge is 0.328 e. The lowest BCUT2D eigenvalue weighted by Gasteiger charge is -2.02. The van der Waals surface area contributed by atoms with E-state index in [1.165, 1.54) is 6.08 Å². The Kier molecular flexibility index (Phi) is 5.15. The monoisotopic (exact) mass is 286 g/mol. The summed E-state index contributed by atoms with van der Waals surface area (Å²) < 4.78 is 7.40. The number of benzene rings is 1. The van der Waals surface area contributed by atoms with Crippen molar-refractivity contribution in [1.82, 2.24) is 9.78 Å². The molecule has 21 heavy (non-hydrogen) atoms. The summed E-state index contributed by atoms with van der Waals surface area (Å²) in [4.78, 5) is 10.6. The number of hydrogen-bond donors (Lipinski definition) is 1. The van der Waals surface area contributed by atoms with E-state index >= 15 is 0 Å². The zero-order valence-electron chi connectivity index (χ0n) is 11.9. The van der Waals surface area contributed by atoms with E-state index in [2.05, 4.69) is 5.10 Å². The van der Waals surface area contributed by atoms with Crippen LogP contribution in [-0.2, 0) is 17.9 Å².